The molecular formula is C16H20BrNO. The first-order chi connectivity index (χ1) is 9.10. The maximum absolute atomic E-state index is 12.5. The summed E-state index contributed by atoms with van der Waals surface area (Å²) >= 11 is 3.73. The van der Waals surface area contributed by atoms with E-state index in [-0.39, 0.29) is 17.4 Å². The second-order valence-corrected chi connectivity index (χ2v) is 7.31. The molecule has 3 rings (SSSR count). The normalized spacial score (nSPS) is 28.1. The molecular weight excluding hydrogens is 302 g/mol. The summed E-state index contributed by atoms with van der Waals surface area (Å²) < 4.78 is 0. The number of benzene rings is 1. The van der Waals surface area contributed by atoms with Crippen LogP contribution in [-0.2, 0) is 11.2 Å². The minimum Gasteiger partial charge on any atom is -0.348 e. The second-order valence-electron chi connectivity index (χ2n) is 6.14. The average molecular weight is 322 g/mol. The molecule has 0 heterocycles. The lowest BCUT2D eigenvalue weighted by molar-refractivity contribution is -0.130. The van der Waals surface area contributed by atoms with Crippen molar-refractivity contribution in [3.8, 4) is 0 Å². The summed E-state index contributed by atoms with van der Waals surface area (Å²) in [5.41, 5.74) is 2.48. The first-order valence-electron chi connectivity index (χ1n) is 7.13. The van der Waals surface area contributed by atoms with Crippen LogP contribution < -0.4 is 5.32 Å². The van der Waals surface area contributed by atoms with E-state index in [2.05, 4.69) is 52.4 Å². The largest absolute Gasteiger partial charge is 0.348 e. The molecule has 1 saturated carbocycles. The molecule has 2 atom stereocenters. The van der Waals surface area contributed by atoms with Crippen LogP contribution in [0, 0.1) is 5.41 Å². The van der Waals surface area contributed by atoms with Gasteiger partial charge in [0.1, 0.15) is 0 Å². The average Bonchev–Trinajstić information content (AvgIpc) is 2.96. The summed E-state index contributed by atoms with van der Waals surface area (Å²) in [4.78, 5) is 12.9. The predicted molar refractivity (Wildman–Crippen MR) is 80.3 cm³/mol. The van der Waals surface area contributed by atoms with Gasteiger partial charge in [-0.25, -0.2) is 0 Å². The van der Waals surface area contributed by atoms with Crippen LogP contribution in [0.5, 0.6) is 0 Å². The van der Waals surface area contributed by atoms with Gasteiger partial charge in [0.15, 0.2) is 0 Å². The molecule has 2 aliphatic carbocycles. The van der Waals surface area contributed by atoms with Gasteiger partial charge in [-0.1, -0.05) is 60.0 Å². The van der Waals surface area contributed by atoms with Crippen LogP contribution in [0.3, 0.4) is 0 Å². The first kappa shape index (κ1) is 13.2. The fourth-order valence-corrected chi connectivity index (χ4v) is 4.18. The van der Waals surface area contributed by atoms with Crippen molar-refractivity contribution in [1.29, 1.82) is 0 Å². The number of carbonyl (C=O) groups excluding carboxylic acids is 1. The molecule has 19 heavy (non-hydrogen) atoms. The Bertz CT molecular complexity index is 493. The Balaban J connectivity index is 1.78. The number of hydrogen-bond donors (Lipinski definition) is 1. The van der Waals surface area contributed by atoms with Gasteiger partial charge in [0, 0.05) is 10.2 Å². The SMILES string of the molecule is CC1(C(=O)NC2c3ccccc3CC2Br)CCCC1. The molecule has 1 fully saturated rings. The highest BCUT2D eigenvalue weighted by molar-refractivity contribution is 9.09. The Morgan fingerprint density at radius 1 is 1.32 bits per heavy atom. The molecule has 2 nitrogen and oxygen atoms in total. The number of amides is 1. The minimum atomic E-state index is -0.149. The molecule has 0 radical (unpaired) electrons. The minimum absolute atomic E-state index is 0.126. The molecule has 1 aromatic carbocycles. The maximum atomic E-state index is 12.5. The molecule has 3 heteroatoms. The molecule has 2 unspecified atom stereocenters. The van der Waals surface area contributed by atoms with E-state index >= 15 is 0 Å². The molecule has 1 aromatic rings. The van der Waals surface area contributed by atoms with E-state index in [9.17, 15) is 4.79 Å². The van der Waals surface area contributed by atoms with Gasteiger partial charge in [-0.05, 0) is 30.4 Å². The number of fused-ring (bicyclic) bond motifs is 1. The molecule has 0 aromatic heterocycles. The van der Waals surface area contributed by atoms with Crippen molar-refractivity contribution in [3.05, 3.63) is 35.4 Å². The lowest BCUT2D eigenvalue weighted by atomic mass is 9.87. The lowest BCUT2D eigenvalue weighted by Crippen LogP contribution is -2.40. The van der Waals surface area contributed by atoms with Crippen LogP contribution in [0.4, 0.5) is 0 Å². The Kier molecular flexibility index (Phi) is 3.42. The van der Waals surface area contributed by atoms with Crippen LogP contribution in [0.25, 0.3) is 0 Å². The third kappa shape index (κ3) is 2.33. The molecule has 1 N–H and O–H groups in total. The van der Waals surface area contributed by atoms with E-state index in [4.69, 9.17) is 0 Å². The summed E-state index contributed by atoms with van der Waals surface area (Å²) in [6, 6.07) is 8.55. The molecule has 0 aliphatic heterocycles. The van der Waals surface area contributed by atoms with Crippen LogP contribution in [-0.4, -0.2) is 10.7 Å². The van der Waals surface area contributed by atoms with Crippen molar-refractivity contribution in [2.45, 2.75) is 49.9 Å². The Morgan fingerprint density at radius 3 is 2.74 bits per heavy atom. The summed E-state index contributed by atoms with van der Waals surface area (Å²) in [5.74, 6) is 0.233. The maximum Gasteiger partial charge on any atom is 0.226 e. The molecule has 0 saturated heterocycles. The smallest absolute Gasteiger partial charge is 0.226 e. The zero-order valence-electron chi connectivity index (χ0n) is 11.3. The first-order valence-corrected chi connectivity index (χ1v) is 8.04. The molecule has 1 amide bonds. The highest BCUT2D eigenvalue weighted by atomic mass is 79.9. The number of hydrogen-bond acceptors (Lipinski definition) is 1. The van der Waals surface area contributed by atoms with Crippen molar-refractivity contribution < 1.29 is 4.79 Å². The van der Waals surface area contributed by atoms with Crippen LogP contribution in [0.2, 0.25) is 0 Å². The van der Waals surface area contributed by atoms with E-state index < -0.39 is 0 Å². The van der Waals surface area contributed by atoms with Gasteiger partial charge in [-0.2, -0.15) is 0 Å². The van der Waals surface area contributed by atoms with Gasteiger partial charge in [-0.3, -0.25) is 4.79 Å². The third-order valence-electron chi connectivity index (χ3n) is 4.71. The number of halogens is 1. The zero-order chi connectivity index (χ0) is 13.5. The summed E-state index contributed by atoms with van der Waals surface area (Å²) in [6.07, 6.45) is 5.42. The molecule has 0 spiro atoms. The zero-order valence-corrected chi connectivity index (χ0v) is 12.9. The molecule has 2 aliphatic rings. The van der Waals surface area contributed by atoms with Crippen molar-refractivity contribution in [3.63, 3.8) is 0 Å². The van der Waals surface area contributed by atoms with Crippen LogP contribution in [0.15, 0.2) is 24.3 Å². The Morgan fingerprint density at radius 2 is 2.00 bits per heavy atom. The van der Waals surface area contributed by atoms with Gasteiger partial charge >= 0.3 is 0 Å². The fraction of sp³-hybridized carbons (Fsp3) is 0.562. The fourth-order valence-electron chi connectivity index (χ4n) is 3.41. The van der Waals surface area contributed by atoms with Gasteiger partial charge in [0.25, 0.3) is 0 Å². The summed E-state index contributed by atoms with van der Waals surface area (Å²) in [7, 11) is 0. The van der Waals surface area contributed by atoms with Crippen molar-refractivity contribution in [1.82, 2.24) is 5.32 Å². The predicted octanol–water partition coefficient (Wildman–Crippen LogP) is 3.74. The molecule has 102 valence electrons. The van der Waals surface area contributed by atoms with E-state index in [1.807, 2.05) is 0 Å². The lowest BCUT2D eigenvalue weighted by Gasteiger charge is -2.26. The standard InChI is InChI=1S/C16H20BrNO/c1-16(8-4-5-9-16)15(19)18-14-12-7-3-2-6-11(12)10-13(14)17/h2-3,6-7,13-14H,4-5,8-10H2,1H3,(H,18,19). The van der Waals surface area contributed by atoms with Crippen molar-refractivity contribution in [2.24, 2.45) is 5.41 Å². The van der Waals surface area contributed by atoms with E-state index in [1.54, 1.807) is 0 Å². The van der Waals surface area contributed by atoms with Crippen molar-refractivity contribution >= 4 is 21.8 Å². The van der Waals surface area contributed by atoms with Gasteiger partial charge in [-0.15, -0.1) is 0 Å². The highest BCUT2D eigenvalue weighted by Crippen LogP contribution is 2.40. The highest BCUT2D eigenvalue weighted by Gasteiger charge is 2.39. The van der Waals surface area contributed by atoms with Crippen LogP contribution >= 0.6 is 15.9 Å². The van der Waals surface area contributed by atoms with E-state index in [0.717, 1.165) is 19.3 Å². The number of carbonyl (C=O) groups is 1. The van der Waals surface area contributed by atoms with Gasteiger partial charge in [0.05, 0.1) is 6.04 Å². The second kappa shape index (κ2) is 4.93. The number of alkyl halides is 1. The summed E-state index contributed by atoms with van der Waals surface area (Å²) in [6.45, 7) is 2.11. The van der Waals surface area contributed by atoms with Crippen LogP contribution in [0.1, 0.15) is 49.8 Å². The Labute approximate surface area is 123 Å². The van der Waals surface area contributed by atoms with E-state index in [0.29, 0.717) is 4.83 Å². The van der Waals surface area contributed by atoms with Gasteiger partial charge in [0.2, 0.25) is 5.91 Å². The summed E-state index contributed by atoms with van der Waals surface area (Å²) in [5, 5.41) is 3.28. The number of rotatable bonds is 2. The molecule has 0 bridgehead atoms. The topological polar surface area (TPSA) is 29.1 Å². The monoisotopic (exact) mass is 321 g/mol. The van der Waals surface area contributed by atoms with Gasteiger partial charge < -0.3 is 5.32 Å². The van der Waals surface area contributed by atoms with E-state index in [1.165, 1.54) is 24.0 Å². The Hall–Kier alpha value is -0.830. The number of nitrogens with one attached hydrogen (secondary N) is 1. The quantitative estimate of drug-likeness (QED) is 0.826. The third-order valence-corrected chi connectivity index (χ3v) is 5.56. The van der Waals surface area contributed by atoms with Crippen molar-refractivity contribution in [2.75, 3.05) is 0 Å².